The summed E-state index contributed by atoms with van der Waals surface area (Å²) < 4.78 is 79.2. The fourth-order valence-corrected chi connectivity index (χ4v) is 5.13. The molecule has 1 amide bonds. The Morgan fingerprint density at radius 3 is 2.58 bits per heavy atom. The molecule has 2 aliphatic rings. The highest BCUT2D eigenvalue weighted by atomic mass is 32.2. The average molecular weight is 586 g/mol. The van der Waals surface area contributed by atoms with Gasteiger partial charge in [-0.25, -0.2) is 4.79 Å². The van der Waals surface area contributed by atoms with Gasteiger partial charge in [0.1, 0.15) is 6.04 Å². The van der Waals surface area contributed by atoms with Crippen LogP contribution in [0.1, 0.15) is 27.8 Å². The maximum absolute atomic E-state index is 13.5. The highest BCUT2D eigenvalue weighted by molar-refractivity contribution is 8.18. The minimum absolute atomic E-state index is 0.0650. The lowest BCUT2D eigenvalue weighted by molar-refractivity contribution is -0.144. The van der Waals surface area contributed by atoms with Crippen LogP contribution in [0.3, 0.4) is 0 Å². The van der Waals surface area contributed by atoms with E-state index in [9.17, 15) is 41.0 Å². The van der Waals surface area contributed by atoms with Gasteiger partial charge in [0.2, 0.25) is 0 Å². The molecule has 2 aromatic carbocycles. The molecule has 4 rings (SSSR count). The molecule has 212 valence electrons. The SMILES string of the molecule is N=Cc1cc(/C=C2\SC(N3CCNCC3C(=O)O)=NC2=O)ccc1NCc1ccc(C(F)(F)F)cc1C(F)(F)F. The number of carbonyl (C=O) groups excluding carboxylic acids is 1. The van der Waals surface area contributed by atoms with E-state index < -0.39 is 53.5 Å². The van der Waals surface area contributed by atoms with E-state index in [-0.39, 0.29) is 33.9 Å². The summed E-state index contributed by atoms with van der Waals surface area (Å²) in [6.07, 6.45) is -7.51. The van der Waals surface area contributed by atoms with Crippen LogP contribution < -0.4 is 10.6 Å². The highest BCUT2D eigenvalue weighted by Crippen LogP contribution is 2.38. The van der Waals surface area contributed by atoms with E-state index in [4.69, 9.17) is 5.41 Å². The number of aliphatic carboxylic acids is 1. The number of rotatable bonds is 6. The normalized spacial score (nSPS) is 19.1. The van der Waals surface area contributed by atoms with Gasteiger partial charge in [-0.1, -0.05) is 12.1 Å². The largest absolute Gasteiger partial charge is 0.480 e. The number of aliphatic imine (C=N–C) groups is 1. The number of nitrogens with zero attached hydrogens (tertiary/aromatic N) is 2. The van der Waals surface area contributed by atoms with E-state index >= 15 is 0 Å². The maximum atomic E-state index is 13.5. The molecule has 8 nitrogen and oxygen atoms in total. The summed E-state index contributed by atoms with van der Waals surface area (Å²) in [7, 11) is 0. The number of carbonyl (C=O) groups is 2. The van der Waals surface area contributed by atoms with Gasteiger partial charge in [0, 0.05) is 43.6 Å². The molecule has 2 aromatic rings. The van der Waals surface area contributed by atoms with Gasteiger partial charge >= 0.3 is 18.3 Å². The van der Waals surface area contributed by atoms with Crippen LogP contribution in [0.2, 0.25) is 0 Å². The number of amides is 1. The molecule has 1 fully saturated rings. The summed E-state index contributed by atoms with van der Waals surface area (Å²) in [5.41, 5.74) is -2.28. The average Bonchev–Trinajstić information content (AvgIpc) is 3.26. The first-order valence-electron chi connectivity index (χ1n) is 11.7. The number of halogens is 6. The van der Waals surface area contributed by atoms with Crippen LogP contribution in [0, 0.1) is 5.41 Å². The van der Waals surface area contributed by atoms with Gasteiger partial charge in [-0.15, -0.1) is 0 Å². The lowest BCUT2D eigenvalue weighted by Gasteiger charge is -2.34. The first-order chi connectivity index (χ1) is 18.8. The smallest absolute Gasteiger partial charge is 0.416 e. The summed E-state index contributed by atoms with van der Waals surface area (Å²) in [6.45, 7) is 0.590. The molecule has 4 N–H and O–H groups in total. The molecule has 0 spiro atoms. The monoisotopic (exact) mass is 585 g/mol. The van der Waals surface area contributed by atoms with Crippen molar-refractivity contribution in [3.8, 4) is 0 Å². The number of carboxylic acids is 1. The Hall–Kier alpha value is -3.85. The van der Waals surface area contributed by atoms with E-state index in [1.54, 1.807) is 0 Å². The van der Waals surface area contributed by atoms with Crippen LogP contribution in [-0.2, 0) is 28.5 Å². The number of hydrogen-bond acceptors (Lipinski definition) is 7. The Bertz CT molecular complexity index is 1410. The van der Waals surface area contributed by atoms with Crippen molar-refractivity contribution in [2.24, 2.45) is 4.99 Å². The maximum Gasteiger partial charge on any atom is 0.416 e. The number of anilines is 1. The van der Waals surface area contributed by atoms with Crippen molar-refractivity contribution in [2.75, 3.05) is 25.0 Å². The highest BCUT2D eigenvalue weighted by Gasteiger charge is 2.38. The first kappa shape index (κ1) is 29.1. The van der Waals surface area contributed by atoms with Gasteiger partial charge in [-0.3, -0.25) is 4.79 Å². The van der Waals surface area contributed by atoms with E-state index in [2.05, 4.69) is 15.6 Å². The van der Waals surface area contributed by atoms with Gasteiger partial charge in [0.25, 0.3) is 5.91 Å². The summed E-state index contributed by atoms with van der Waals surface area (Å²) in [4.78, 5) is 29.8. The fraction of sp³-hybridized carbons (Fsp3) is 0.280. The van der Waals surface area contributed by atoms with Crippen LogP contribution in [0.5, 0.6) is 0 Å². The topological polar surface area (TPSA) is 118 Å². The Labute approximate surface area is 227 Å². The van der Waals surface area contributed by atoms with Crippen LogP contribution in [0.4, 0.5) is 32.0 Å². The zero-order valence-electron chi connectivity index (χ0n) is 20.4. The molecule has 0 radical (unpaired) electrons. The van der Waals surface area contributed by atoms with Crippen molar-refractivity contribution in [1.82, 2.24) is 10.2 Å². The number of nitrogens with one attached hydrogen (secondary N) is 3. The quantitative estimate of drug-likeness (QED) is 0.221. The van der Waals surface area contributed by atoms with Gasteiger partial charge in [-0.2, -0.15) is 31.3 Å². The Morgan fingerprint density at radius 2 is 1.93 bits per heavy atom. The molecule has 1 unspecified atom stereocenters. The van der Waals surface area contributed by atoms with Crippen molar-refractivity contribution < 1.29 is 41.0 Å². The minimum Gasteiger partial charge on any atom is -0.480 e. The fourth-order valence-electron chi connectivity index (χ4n) is 4.14. The van der Waals surface area contributed by atoms with Crippen molar-refractivity contribution in [3.63, 3.8) is 0 Å². The summed E-state index contributed by atoms with van der Waals surface area (Å²) >= 11 is 1.01. The van der Waals surface area contributed by atoms with Crippen LogP contribution >= 0.6 is 11.8 Å². The van der Waals surface area contributed by atoms with Crippen molar-refractivity contribution in [3.05, 3.63) is 69.1 Å². The Morgan fingerprint density at radius 1 is 1.18 bits per heavy atom. The number of thioether (sulfide) groups is 1. The minimum atomic E-state index is -5.01. The van der Waals surface area contributed by atoms with Crippen LogP contribution in [0.25, 0.3) is 6.08 Å². The molecule has 2 aliphatic heterocycles. The Kier molecular flexibility index (Phi) is 8.25. The third-order valence-electron chi connectivity index (χ3n) is 6.12. The van der Waals surface area contributed by atoms with Crippen molar-refractivity contribution in [2.45, 2.75) is 24.9 Å². The number of benzene rings is 2. The van der Waals surface area contributed by atoms with E-state index in [1.165, 1.54) is 29.2 Å². The second-order valence-electron chi connectivity index (χ2n) is 8.77. The van der Waals surface area contributed by atoms with E-state index in [0.717, 1.165) is 24.0 Å². The van der Waals surface area contributed by atoms with Gasteiger partial charge < -0.3 is 26.0 Å². The molecule has 15 heteroatoms. The summed E-state index contributed by atoms with van der Waals surface area (Å²) in [6, 6.07) is 5.01. The molecule has 0 bridgehead atoms. The lowest BCUT2D eigenvalue weighted by atomic mass is 10.0. The van der Waals surface area contributed by atoms with Crippen molar-refractivity contribution >= 4 is 46.8 Å². The van der Waals surface area contributed by atoms with Crippen molar-refractivity contribution in [1.29, 1.82) is 5.41 Å². The number of amidine groups is 1. The molecular formula is C25H21F6N5O3S. The summed E-state index contributed by atoms with van der Waals surface area (Å²) in [5, 5.41) is 23.1. The number of alkyl halides is 6. The third kappa shape index (κ3) is 6.47. The molecule has 0 saturated carbocycles. The lowest BCUT2D eigenvalue weighted by Crippen LogP contribution is -2.56. The van der Waals surface area contributed by atoms with Gasteiger partial charge in [0.15, 0.2) is 5.17 Å². The van der Waals surface area contributed by atoms with Crippen LogP contribution in [-0.4, -0.2) is 58.9 Å². The molecule has 0 aromatic heterocycles. The molecule has 2 heterocycles. The number of carboxylic acid groups (broad SMARTS) is 1. The van der Waals surface area contributed by atoms with Gasteiger partial charge in [0.05, 0.1) is 16.0 Å². The van der Waals surface area contributed by atoms with E-state index in [1.807, 2.05) is 0 Å². The predicted octanol–water partition coefficient (Wildman–Crippen LogP) is 4.66. The van der Waals surface area contributed by atoms with Crippen LogP contribution in [0.15, 0.2) is 46.3 Å². The predicted molar refractivity (Wildman–Crippen MR) is 137 cm³/mol. The molecule has 40 heavy (non-hydrogen) atoms. The Balaban J connectivity index is 1.51. The number of hydrogen-bond donors (Lipinski definition) is 4. The first-order valence-corrected chi connectivity index (χ1v) is 12.5. The van der Waals surface area contributed by atoms with Gasteiger partial charge in [-0.05, 0) is 53.2 Å². The second-order valence-corrected chi connectivity index (χ2v) is 9.78. The molecular weight excluding hydrogens is 564 g/mol. The standard InChI is InChI=1S/C25H21F6N5O3S/c26-24(27,28)16-3-2-14(17(9-16)25(29,30)31)11-34-18-4-1-13(7-15(18)10-32)8-20-21(37)35-23(40-20)36-6-5-33-12-19(36)22(38)39/h1-4,7-10,19,32-34H,5-6,11-12H2,(H,38,39)/b20-8-,32-10?. The zero-order valence-corrected chi connectivity index (χ0v) is 21.2. The number of piperazine rings is 1. The molecule has 0 aliphatic carbocycles. The molecule has 1 saturated heterocycles. The zero-order chi connectivity index (χ0) is 29.2. The molecule has 1 atom stereocenters. The summed E-state index contributed by atoms with van der Waals surface area (Å²) in [5.74, 6) is -1.62. The second kappa shape index (κ2) is 11.3. The van der Waals surface area contributed by atoms with E-state index in [0.29, 0.717) is 24.7 Å². The third-order valence-corrected chi connectivity index (χ3v) is 7.14.